The van der Waals surface area contributed by atoms with Crippen LogP contribution in [0.4, 0.5) is 0 Å². The molecular weight excluding hydrogens is 283 g/mol. The molecule has 0 aliphatic heterocycles. The van der Waals surface area contributed by atoms with E-state index in [2.05, 4.69) is 52.6 Å². The number of hydrogen-bond acceptors (Lipinski definition) is 1. The normalized spacial score (nSPS) is 14.8. The van der Waals surface area contributed by atoms with Crippen LogP contribution in [0.2, 0.25) is 19.1 Å². The minimum Gasteiger partial charge on any atom is -0.147 e. The first-order chi connectivity index (χ1) is 6.05. The maximum absolute atomic E-state index is 5.81. The maximum atomic E-state index is 5.81. The van der Waals surface area contributed by atoms with Gasteiger partial charge in [0, 0.05) is 0 Å². The molecule has 0 aromatic carbocycles. The summed E-state index contributed by atoms with van der Waals surface area (Å²) in [6, 6.07) is 1.17. The van der Waals surface area contributed by atoms with Gasteiger partial charge in [0.15, 0.2) is 0 Å². The zero-order valence-corrected chi connectivity index (χ0v) is 13.7. The summed E-state index contributed by atoms with van der Waals surface area (Å²) in [6.45, 7) is 7.53. The van der Waals surface area contributed by atoms with Crippen molar-refractivity contribution in [2.75, 3.05) is 6.61 Å². The van der Waals surface area contributed by atoms with Crippen LogP contribution in [0.1, 0.15) is 13.3 Å². The van der Waals surface area contributed by atoms with Crippen LogP contribution in [0.15, 0.2) is 21.6 Å². The van der Waals surface area contributed by atoms with Gasteiger partial charge < -0.3 is 0 Å². The molecule has 0 amide bonds. The monoisotopic (exact) mass is 301 g/mol. The Labute approximate surface area is 118 Å². The molecule has 0 saturated carbocycles. The summed E-state index contributed by atoms with van der Waals surface area (Å²) >= 11 is 2.23. The second-order valence-corrected chi connectivity index (χ2v) is 9.08. The molecule has 0 heterocycles. The van der Waals surface area contributed by atoms with Crippen molar-refractivity contribution < 1.29 is 24.9 Å². The molecule has 1 rings (SSSR count). The molecule has 0 saturated heterocycles. The molecule has 0 spiro atoms. The number of allylic oxidation sites excluding steroid dienone is 4. The predicted molar refractivity (Wildman–Crippen MR) is 69.2 cm³/mol. The Morgan fingerprint density at radius 3 is 2.40 bits per heavy atom. The van der Waals surface area contributed by atoms with Crippen LogP contribution in [0.3, 0.4) is 0 Å². The fourth-order valence-corrected chi connectivity index (χ4v) is 4.48. The van der Waals surface area contributed by atoms with Gasteiger partial charge in [-0.3, -0.25) is 0 Å². The van der Waals surface area contributed by atoms with Crippen molar-refractivity contribution in [1.29, 1.82) is 0 Å². The topological polar surface area (TPSA) is 9.23 Å². The zero-order valence-electron chi connectivity index (χ0n) is 9.50. The molecule has 0 aromatic heterocycles. The molecule has 1 aliphatic carbocycles. The molecule has 0 radical (unpaired) electrons. The Balaban J connectivity index is 0. The van der Waals surface area contributed by atoms with E-state index in [-0.39, 0.29) is 24.8 Å². The van der Waals surface area contributed by atoms with Crippen LogP contribution in [-0.2, 0) is 24.9 Å². The standard InChI is InChI=1S/C10H17OSi.2ClH.Ti/c1-4-11-12(2,3)9-10-7-5-6-8-10;;;/h5,7H,4,6,9H2,1-3H3;2*1H;. The Bertz CT molecular complexity index is 252. The predicted octanol–water partition coefficient (Wildman–Crippen LogP) is 3.83. The summed E-state index contributed by atoms with van der Waals surface area (Å²) < 4.78 is 7.34. The average molecular weight is 302 g/mol. The third-order valence-electron chi connectivity index (χ3n) is 2.18. The number of rotatable bonds is 4. The summed E-state index contributed by atoms with van der Waals surface area (Å²) in [5.41, 5.74) is 1.52. The molecule has 15 heavy (non-hydrogen) atoms. The van der Waals surface area contributed by atoms with E-state index in [1.165, 1.54) is 15.5 Å². The van der Waals surface area contributed by atoms with Gasteiger partial charge in [0.05, 0.1) is 0 Å². The van der Waals surface area contributed by atoms with Crippen molar-refractivity contribution in [3.05, 3.63) is 21.6 Å². The van der Waals surface area contributed by atoms with E-state index in [0.717, 1.165) is 13.0 Å². The Kier molecular flexibility index (Phi) is 9.90. The second-order valence-electron chi connectivity index (χ2n) is 3.98. The smallest absolute Gasteiger partial charge is 0.147 e. The fraction of sp³-hybridized carbons (Fsp3) is 0.600. The van der Waals surface area contributed by atoms with Crippen LogP contribution in [0.25, 0.3) is 0 Å². The summed E-state index contributed by atoms with van der Waals surface area (Å²) in [5.74, 6) is 0. The quantitative estimate of drug-likeness (QED) is 0.717. The molecule has 0 N–H and O–H groups in total. The minimum absolute atomic E-state index is 0. The molecule has 5 heteroatoms. The fourth-order valence-electron chi connectivity index (χ4n) is 1.62. The van der Waals surface area contributed by atoms with Crippen molar-refractivity contribution in [2.24, 2.45) is 0 Å². The van der Waals surface area contributed by atoms with Crippen molar-refractivity contribution >= 4 is 33.1 Å². The number of hydrogen-bond donors (Lipinski definition) is 0. The van der Waals surface area contributed by atoms with Crippen molar-refractivity contribution in [1.82, 2.24) is 0 Å². The first-order valence-corrected chi connectivity index (χ1v) is 8.69. The van der Waals surface area contributed by atoms with E-state index in [0.29, 0.717) is 0 Å². The van der Waals surface area contributed by atoms with Crippen LogP contribution >= 0.6 is 24.8 Å². The van der Waals surface area contributed by atoms with Crippen LogP contribution in [0, 0.1) is 0 Å². The van der Waals surface area contributed by atoms with Crippen LogP contribution in [0.5, 0.6) is 0 Å². The third kappa shape index (κ3) is 6.30. The summed E-state index contributed by atoms with van der Waals surface area (Å²) in [7, 11) is -1.42. The van der Waals surface area contributed by atoms with Crippen molar-refractivity contribution in [3.8, 4) is 0 Å². The SMILES string of the molecule is CCO[Si](C)(C)CC1=[C]([Ti])CC=C1.Cl.Cl. The first kappa shape index (κ1) is 18.3. The van der Waals surface area contributed by atoms with Gasteiger partial charge >= 0.3 is 93.9 Å². The summed E-state index contributed by atoms with van der Waals surface area (Å²) in [5, 5.41) is 0. The van der Waals surface area contributed by atoms with Crippen LogP contribution in [-0.4, -0.2) is 14.9 Å². The van der Waals surface area contributed by atoms with Gasteiger partial charge in [-0.1, -0.05) is 0 Å². The third-order valence-corrected chi connectivity index (χ3v) is 5.30. The molecule has 0 bridgehead atoms. The summed E-state index contributed by atoms with van der Waals surface area (Å²) in [4.78, 5) is 0. The van der Waals surface area contributed by atoms with E-state index in [9.17, 15) is 0 Å². The van der Waals surface area contributed by atoms with Gasteiger partial charge in [-0.25, -0.2) is 0 Å². The molecule has 1 nitrogen and oxygen atoms in total. The molecule has 87 valence electrons. The van der Waals surface area contributed by atoms with E-state index in [4.69, 9.17) is 4.43 Å². The molecule has 0 fully saturated rings. The van der Waals surface area contributed by atoms with Gasteiger partial charge in [0.25, 0.3) is 0 Å². The van der Waals surface area contributed by atoms with Gasteiger partial charge in [-0.2, -0.15) is 0 Å². The molecule has 1 aliphatic rings. The van der Waals surface area contributed by atoms with Crippen LogP contribution < -0.4 is 0 Å². The Morgan fingerprint density at radius 1 is 1.40 bits per heavy atom. The average Bonchev–Trinajstić information content (AvgIpc) is 2.35. The Morgan fingerprint density at radius 2 is 2.00 bits per heavy atom. The zero-order chi connectivity index (χ0) is 9.90. The minimum atomic E-state index is -1.42. The van der Waals surface area contributed by atoms with E-state index >= 15 is 0 Å². The van der Waals surface area contributed by atoms with Crippen molar-refractivity contribution in [3.63, 3.8) is 0 Å². The molecule has 0 unspecified atom stereocenters. The summed E-state index contributed by atoms with van der Waals surface area (Å²) in [6.07, 6.45) is 5.66. The van der Waals surface area contributed by atoms with E-state index in [1.54, 1.807) is 0 Å². The van der Waals surface area contributed by atoms with Gasteiger partial charge in [-0.05, 0) is 0 Å². The van der Waals surface area contributed by atoms with Gasteiger partial charge in [-0.15, -0.1) is 24.8 Å². The molecule has 0 atom stereocenters. The van der Waals surface area contributed by atoms with Crippen molar-refractivity contribution in [2.45, 2.75) is 32.5 Å². The maximum Gasteiger partial charge on any atom is -0.147 e. The molecular formula is C10H19Cl2OSiTi. The largest absolute Gasteiger partial charge is 0.147 e. The second kappa shape index (κ2) is 8.10. The first-order valence-electron chi connectivity index (χ1n) is 4.79. The van der Waals surface area contributed by atoms with Gasteiger partial charge in [0.1, 0.15) is 0 Å². The Hall–Kier alpha value is 0.951. The van der Waals surface area contributed by atoms with Gasteiger partial charge in [0.2, 0.25) is 0 Å². The van der Waals surface area contributed by atoms with E-state index in [1.807, 2.05) is 0 Å². The number of halogens is 2. The van der Waals surface area contributed by atoms with E-state index < -0.39 is 8.32 Å². The molecule has 0 aromatic rings.